The highest BCUT2D eigenvalue weighted by atomic mass is 35.5. The molecule has 0 saturated heterocycles. The van der Waals surface area contributed by atoms with Crippen LogP contribution in [0.25, 0.3) is 0 Å². The SMILES string of the molecule is CCCCC(CN)NC(=O)Cc1cc(C)ccc1C.Cl. The summed E-state index contributed by atoms with van der Waals surface area (Å²) >= 11 is 0. The van der Waals surface area contributed by atoms with Gasteiger partial charge in [0.25, 0.3) is 0 Å². The van der Waals surface area contributed by atoms with E-state index in [2.05, 4.69) is 30.4 Å². The van der Waals surface area contributed by atoms with Crippen molar-refractivity contribution in [3.8, 4) is 0 Å². The summed E-state index contributed by atoms with van der Waals surface area (Å²) in [6.45, 7) is 6.74. The smallest absolute Gasteiger partial charge is 0.224 e. The third kappa shape index (κ3) is 6.40. The Morgan fingerprint density at radius 3 is 2.65 bits per heavy atom. The largest absolute Gasteiger partial charge is 0.352 e. The highest BCUT2D eigenvalue weighted by Crippen LogP contribution is 2.11. The number of hydrogen-bond donors (Lipinski definition) is 2. The van der Waals surface area contributed by atoms with Crippen molar-refractivity contribution in [1.82, 2.24) is 5.32 Å². The van der Waals surface area contributed by atoms with E-state index in [4.69, 9.17) is 5.73 Å². The van der Waals surface area contributed by atoms with E-state index in [9.17, 15) is 4.79 Å². The van der Waals surface area contributed by atoms with E-state index in [0.29, 0.717) is 13.0 Å². The Morgan fingerprint density at radius 1 is 1.35 bits per heavy atom. The first-order valence-corrected chi connectivity index (χ1v) is 7.12. The molecule has 1 aromatic rings. The number of aryl methyl sites for hydroxylation is 2. The molecule has 0 bridgehead atoms. The summed E-state index contributed by atoms with van der Waals surface area (Å²) < 4.78 is 0. The normalized spacial score (nSPS) is 11.6. The zero-order valence-electron chi connectivity index (χ0n) is 12.7. The first-order chi connectivity index (χ1) is 9.06. The Balaban J connectivity index is 0.00000361. The molecule has 0 aliphatic rings. The van der Waals surface area contributed by atoms with Gasteiger partial charge in [0.15, 0.2) is 0 Å². The molecule has 1 aromatic carbocycles. The van der Waals surface area contributed by atoms with E-state index < -0.39 is 0 Å². The Kier molecular flexibility index (Phi) is 9.26. The van der Waals surface area contributed by atoms with Crippen molar-refractivity contribution >= 4 is 18.3 Å². The Bertz CT molecular complexity index is 421. The highest BCUT2D eigenvalue weighted by molar-refractivity contribution is 5.85. The highest BCUT2D eigenvalue weighted by Gasteiger charge is 2.11. The van der Waals surface area contributed by atoms with Crippen molar-refractivity contribution in [1.29, 1.82) is 0 Å². The van der Waals surface area contributed by atoms with E-state index in [0.717, 1.165) is 24.8 Å². The minimum Gasteiger partial charge on any atom is -0.352 e. The fourth-order valence-corrected chi connectivity index (χ4v) is 2.14. The second kappa shape index (κ2) is 9.78. The van der Waals surface area contributed by atoms with Crippen molar-refractivity contribution in [2.24, 2.45) is 5.73 Å². The predicted octanol–water partition coefficient (Wildman–Crippen LogP) is 2.90. The molecular weight excluding hydrogens is 272 g/mol. The lowest BCUT2D eigenvalue weighted by Gasteiger charge is -2.17. The van der Waals surface area contributed by atoms with Crippen molar-refractivity contribution < 1.29 is 4.79 Å². The van der Waals surface area contributed by atoms with Crippen molar-refractivity contribution in [3.05, 3.63) is 34.9 Å². The second-order valence-corrected chi connectivity index (χ2v) is 5.25. The lowest BCUT2D eigenvalue weighted by molar-refractivity contribution is -0.121. The molecule has 0 aliphatic carbocycles. The number of halogens is 1. The fraction of sp³-hybridized carbons (Fsp3) is 0.562. The molecule has 0 aliphatic heterocycles. The van der Waals surface area contributed by atoms with Gasteiger partial charge in [0.05, 0.1) is 6.42 Å². The summed E-state index contributed by atoms with van der Waals surface area (Å²) in [6, 6.07) is 6.33. The van der Waals surface area contributed by atoms with E-state index in [1.165, 1.54) is 11.1 Å². The molecule has 0 aromatic heterocycles. The zero-order valence-corrected chi connectivity index (χ0v) is 13.6. The van der Waals surface area contributed by atoms with Gasteiger partial charge in [-0.25, -0.2) is 0 Å². The number of unbranched alkanes of at least 4 members (excludes halogenated alkanes) is 1. The summed E-state index contributed by atoms with van der Waals surface area (Å²) in [4.78, 5) is 12.0. The number of nitrogens with one attached hydrogen (secondary N) is 1. The summed E-state index contributed by atoms with van der Waals surface area (Å²) in [5.41, 5.74) is 9.15. The van der Waals surface area contributed by atoms with Crippen LogP contribution in [0.1, 0.15) is 42.9 Å². The molecule has 4 heteroatoms. The molecule has 20 heavy (non-hydrogen) atoms. The molecule has 1 atom stereocenters. The van der Waals surface area contributed by atoms with Gasteiger partial charge in [-0.1, -0.05) is 43.5 Å². The van der Waals surface area contributed by atoms with E-state index in [-0.39, 0.29) is 24.4 Å². The van der Waals surface area contributed by atoms with E-state index in [1.807, 2.05) is 13.8 Å². The molecule has 0 saturated carbocycles. The molecular formula is C16H27ClN2O. The first-order valence-electron chi connectivity index (χ1n) is 7.12. The number of nitrogens with two attached hydrogens (primary N) is 1. The Morgan fingerprint density at radius 2 is 2.05 bits per heavy atom. The van der Waals surface area contributed by atoms with Crippen LogP contribution < -0.4 is 11.1 Å². The van der Waals surface area contributed by atoms with Crippen LogP contribution in [-0.4, -0.2) is 18.5 Å². The summed E-state index contributed by atoms with van der Waals surface area (Å²) in [5, 5.41) is 3.03. The average Bonchev–Trinajstić information content (AvgIpc) is 2.38. The number of carbonyl (C=O) groups is 1. The summed E-state index contributed by atoms with van der Waals surface area (Å²) in [6.07, 6.45) is 3.64. The maximum Gasteiger partial charge on any atom is 0.224 e. The zero-order chi connectivity index (χ0) is 14.3. The molecule has 0 fully saturated rings. The minimum absolute atomic E-state index is 0. The number of benzene rings is 1. The first kappa shape index (κ1) is 18.9. The summed E-state index contributed by atoms with van der Waals surface area (Å²) in [5.74, 6) is 0.0697. The maximum atomic E-state index is 12.0. The van der Waals surface area contributed by atoms with Gasteiger partial charge in [-0.05, 0) is 31.4 Å². The molecule has 1 rings (SSSR count). The van der Waals surface area contributed by atoms with Gasteiger partial charge in [0, 0.05) is 12.6 Å². The van der Waals surface area contributed by atoms with Crippen LogP contribution in [0.3, 0.4) is 0 Å². The molecule has 0 spiro atoms. The van der Waals surface area contributed by atoms with Crippen LogP contribution in [0.4, 0.5) is 0 Å². The molecule has 3 nitrogen and oxygen atoms in total. The van der Waals surface area contributed by atoms with Crippen molar-refractivity contribution in [2.45, 2.75) is 52.5 Å². The summed E-state index contributed by atoms with van der Waals surface area (Å²) in [7, 11) is 0. The van der Waals surface area contributed by atoms with Gasteiger partial charge < -0.3 is 11.1 Å². The Hall–Kier alpha value is -1.06. The second-order valence-electron chi connectivity index (χ2n) is 5.25. The quantitative estimate of drug-likeness (QED) is 0.813. The van der Waals surface area contributed by atoms with E-state index in [1.54, 1.807) is 0 Å². The van der Waals surface area contributed by atoms with Gasteiger partial charge in [-0.3, -0.25) is 4.79 Å². The van der Waals surface area contributed by atoms with Crippen LogP contribution in [0.2, 0.25) is 0 Å². The molecule has 114 valence electrons. The number of amides is 1. The van der Waals surface area contributed by atoms with Gasteiger partial charge >= 0.3 is 0 Å². The fourth-order valence-electron chi connectivity index (χ4n) is 2.14. The van der Waals surface area contributed by atoms with Gasteiger partial charge in [-0.15, -0.1) is 12.4 Å². The van der Waals surface area contributed by atoms with Crippen LogP contribution in [0.5, 0.6) is 0 Å². The molecule has 1 amide bonds. The van der Waals surface area contributed by atoms with Crippen molar-refractivity contribution in [2.75, 3.05) is 6.54 Å². The lowest BCUT2D eigenvalue weighted by atomic mass is 10.0. The van der Waals surface area contributed by atoms with Gasteiger partial charge in [0.1, 0.15) is 0 Å². The topological polar surface area (TPSA) is 55.1 Å². The monoisotopic (exact) mass is 298 g/mol. The van der Waals surface area contributed by atoms with Crippen LogP contribution in [0.15, 0.2) is 18.2 Å². The van der Waals surface area contributed by atoms with Crippen molar-refractivity contribution in [3.63, 3.8) is 0 Å². The number of rotatable bonds is 7. The third-order valence-electron chi connectivity index (χ3n) is 3.41. The van der Waals surface area contributed by atoms with E-state index >= 15 is 0 Å². The molecule has 0 heterocycles. The van der Waals surface area contributed by atoms with Gasteiger partial charge in [0.2, 0.25) is 5.91 Å². The lowest BCUT2D eigenvalue weighted by Crippen LogP contribution is -2.40. The third-order valence-corrected chi connectivity index (χ3v) is 3.41. The number of hydrogen-bond acceptors (Lipinski definition) is 2. The number of carbonyl (C=O) groups excluding carboxylic acids is 1. The molecule has 0 radical (unpaired) electrons. The minimum atomic E-state index is 0. The average molecular weight is 299 g/mol. The standard InChI is InChI=1S/C16H26N2O.ClH/c1-4-5-6-15(11-17)18-16(19)10-14-9-12(2)7-8-13(14)3;/h7-9,15H,4-6,10-11,17H2,1-3H3,(H,18,19);1H. The predicted molar refractivity (Wildman–Crippen MR) is 87.4 cm³/mol. The molecule has 3 N–H and O–H groups in total. The maximum absolute atomic E-state index is 12.0. The van der Waals surface area contributed by atoms with Crippen LogP contribution in [-0.2, 0) is 11.2 Å². The molecule has 1 unspecified atom stereocenters. The van der Waals surface area contributed by atoms with Crippen LogP contribution in [0, 0.1) is 13.8 Å². The van der Waals surface area contributed by atoms with Crippen LogP contribution >= 0.6 is 12.4 Å². The Labute approximate surface area is 128 Å². The van der Waals surface area contributed by atoms with Gasteiger partial charge in [-0.2, -0.15) is 0 Å².